The summed E-state index contributed by atoms with van der Waals surface area (Å²) < 4.78 is 41.7. The van der Waals surface area contributed by atoms with Crippen LogP contribution in [-0.4, -0.2) is 37.2 Å². The van der Waals surface area contributed by atoms with Crippen molar-refractivity contribution in [3.8, 4) is 11.4 Å². The number of carboxylic acid groups (broad SMARTS) is 1. The Morgan fingerprint density at radius 3 is 2.48 bits per heavy atom. The lowest BCUT2D eigenvalue weighted by Gasteiger charge is -2.09. The maximum Gasteiger partial charge on any atom is 0.573 e. The van der Waals surface area contributed by atoms with Gasteiger partial charge in [0.15, 0.2) is 5.82 Å². The fourth-order valence-electron chi connectivity index (χ4n) is 2.10. The number of carboxylic acids is 1. The molecular formula is C16H12F3N5O3. The average molecular weight is 379 g/mol. The summed E-state index contributed by atoms with van der Waals surface area (Å²) in [6, 6.07) is 8.11. The molecule has 0 aliphatic rings. The zero-order valence-electron chi connectivity index (χ0n) is 13.5. The number of carbonyl (C=O) groups is 1. The van der Waals surface area contributed by atoms with Crippen molar-refractivity contribution < 1.29 is 27.8 Å². The van der Waals surface area contributed by atoms with Crippen LogP contribution in [0.4, 0.5) is 19.0 Å². The summed E-state index contributed by atoms with van der Waals surface area (Å²) in [5, 5.41) is 16.0. The Morgan fingerprint density at radius 1 is 1.15 bits per heavy atom. The van der Waals surface area contributed by atoms with Crippen molar-refractivity contribution >= 4 is 11.8 Å². The molecule has 0 radical (unpaired) electrons. The van der Waals surface area contributed by atoms with Gasteiger partial charge in [-0.3, -0.25) is 0 Å². The maximum atomic E-state index is 12.2. The lowest BCUT2D eigenvalue weighted by Crippen LogP contribution is -2.17. The zero-order chi connectivity index (χ0) is 19.4. The molecule has 0 saturated carbocycles. The molecule has 2 aromatic heterocycles. The highest BCUT2D eigenvalue weighted by molar-refractivity contribution is 5.87. The van der Waals surface area contributed by atoms with E-state index in [0.717, 1.165) is 0 Å². The molecule has 0 unspecified atom stereocenters. The number of halogens is 3. The maximum absolute atomic E-state index is 12.2. The number of hydrogen-bond acceptors (Lipinski definition) is 6. The minimum absolute atomic E-state index is 0.0703. The van der Waals surface area contributed by atoms with Crippen molar-refractivity contribution in [3.05, 3.63) is 60.3 Å². The summed E-state index contributed by atoms with van der Waals surface area (Å²) in [6.07, 6.45) is -2.11. The smallest absolute Gasteiger partial charge is 0.478 e. The largest absolute Gasteiger partial charge is 0.573 e. The molecule has 2 heterocycles. The first-order valence-electron chi connectivity index (χ1n) is 7.50. The highest BCUT2D eigenvalue weighted by atomic mass is 19.4. The Kier molecular flexibility index (Phi) is 4.92. The van der Waals surface area contributed by atoms with Gasteiger partial charge in [-0.2, -0.15) is 0 Å². The minimum atomic E-state index is -4.75. The molecule has 140 valence electrons. The van der Waals surface area contributed by atoms with Crippen LogP contribution in [-0.2, 0) is 6.54 Å². The molecule has 2 N–H and O–H groups in total. The molecule has 0 aliphatic carbocycles. The molecule has 3 rings (SSSR count). The number of aromatic nitrogens is 4. The lowest BCUT2D eigenvalue weighted by molar-refractivity contribution is -0.274. The molecule has 27 heavy (non-hydrogen) atoms. The molecule has 0 spiro atoms. The fourth-order valence-corrected chi connectivity index (χ4v) is 2.10. The predicted octanol–water partition coefficient (Wildman–Crippen LogP) is 2.87. The molecular weight excluding hydrogens is 367 g/mol. The summed E-state index contributed by atoms with van der Waals surface area (Å²) in [5.41, 5.74) is 0.577. The van der Waals surface area contributed by atoms with E-state index in [0.29, 0.717) is 17.3 Å². The van der Waals surface area contributed by atoms with Gasteiger partial charge in [-0.05, 0) is 36.4 Å². The molecule has 0 bridgehead atoms. The van der Waals surface area contributed by atoms with Crippen molar-refractivity contribution in [2.75, 3.05) is 5.32 Å². The third kappa shape index (κ3) is 4.93. The van der Waals surface area contributed by atoms with E-state index in [4.69, 9.17) is 5.11 Å². The first kappa shape index (κ1) is 18.2. The monoisotopic (exact) mass is 379 g/mol. The molecule has 1 aromatic carbocycles. The number of anilines is 1. The molecule has 3 aromatic rings. The van der Waals surface area contributed by atoms with Crippen molar-refractivity contribution in [1.82, 2.24) is 19.7 Å². The van der Waals surface area contributed by atoms with Gasteiger partial charge < -0.3 is 15.2 Å². The van der Waals surface area contributed by atoms with Crippen molar-refractivity contribution in [2.24, 2.45) is 0 Å². The summed E-state index contributed by atoms with van der Waals surface area (Å²) in [4.78, 5) is 18.8. The number of alkyl halides is 3. The molecule has 0 aliphatic heterocycles. The van der Waals surface area contributed by atoms with Crippen LogP contribution in [0.1, 0.15) is 16.2 Å². The Balaban J connectivity index is 1.62. The number of nitrogens with one attached hydrogen (secondary N) is 1. The number of rotatable bonds is 6. The van der Waals surface area contributed by atoms with Crippen molar-refractivity contribution in [3.63, 3.8) is 0 Å². The van der Waals surface area contributed by atoms with E-state index in [1.54, 1.807) is 0 Å². The van der Waals surface area contributed by atoms with Gasteiger partial charge in [-0.15, -0.1) is 18.3 Å². The minimum Gasteiger partial charge on any atom is -0.478 e. The van der Waals surface area contributed by atoms with Gasteiger partial charge in [0.2, 0.25) is 0 Å². The SMILES string of the molecule is O=C(O)c1ccc(NCc2ncn(-c3ccc(OC(F)(F)F)cc3)n2)nc1. The van der Waals surface area contributed by atoms with E-state index >= 15 is 0 Å². The van der Waals surface area contributed by atoms with E-state index in [1.165, 1.54) is 53.6 Å². The van der Waals surface area contributed by atoms with Crippen molar-refractivity contribution in [2.45, 2.75) is 12.9 Å². The number of hydrogen-bond donors (Lipinski definition) is 2. The fraction of sp³-hybridized carbons (Fsp3) is 0.125. The quantitative estimate of drug-likeness (QED) is 0.679. The van der Waals surface area contributed by atoms with Gasteiger partial charge in [0.25, 0.3) is 0 Å². The van der Waals surface area contributed by atoms with Crippen LogP contribution >= 0.6 is 0 Å². The Bertz CT molecular complexity index is 924. The topological polar surface area (TPSA) is 102 Å². The van der Waals surface area contributed by atoms with E-state index in [1.807, 2.05) is 0 Å². The van der Waals surface area contributed by atoms with Crippen molar-refractivity contribution in [1.29, 1.82) is 0 Å². The second-order valence-corrected chi connectivity index (χ2v) is 5.24. The average Bonchev–Trinajstić information content (AvgIpc) is 3.08. The second-order valence-electron chi connectivity index (χ2n) is 5.24. The molecule has 0 amide bonds. The summed E-state index contributed by atoms with van der Waals surface area (Å²) in [7, 11) is 0. The van der Waals surface area contributed by atoms with Gasteiger partial charge in [0.1, 0.15) is 17.9 Å². The van der Waals surface area contributed by atoms with Gasteiger partial charge >= 0.3 is 12.3 Å². The number of ether oxygens (including phenoxy) is 1. The predicted molar refractivity (Wildman–Crippen MR) is 86.6 cm³/mol. The van der Waals surface area contributed by atoms with Crippen LogP contribution in [0, 0.1) is 0 Å². The Labute approximate surface area is 150 Å². The zero-order valence-corrected chi connectivity index (χ0v) is 13.5. The molecule has 0 saturated heterocycles. The number of aromatic carboxylic acids is 1. The third-order valence-corrected chi connectivity index (χ3v) is 3.31. The van der Waals surface area contributed by atoms with Crippen LogP contribution in [0.2, 0.25) is 0 Å². The second kappa shape index (κ2) is 7.32. The van der Waals surface area contributed by atoms with Crippen LogP contribution in [0.5, 0.6) is 5.75 Å². The highest BCUT2D eigenvalue weighted by Crippen LogP contribution is 2.23. The number of benzene rings is 1. The normalized spacial score (nSPS) is 11.2. The Hall–Kier alpha value is -3.63. The molecule has 11 heteroatoms. The van der Waals surface area contributed by atoms with Crippen LogP contribution in [0.25, 0.3) is 5.69 Å². The number of nitrogens with zero attached hydrogens (tertiary/aromatic N) is 4. The van der Waals surface area contributed by atoms with E-state index in [-0.39, 0.29) is 17.9 Å². The summed E-state index contributed by atoms with van der Waals surface area (Å²) >= 11 is 0. The third-order valence-electron chi connectivity index (χ3n) is 3.31. The van der Waals surface area contributed by atoms with Crippen LogP contribution in [0.3, 0.4) is 0 Å². The first-order chi connectivity index (χ1) is 12.8. The lowest BCUT2D eigenvalue weighted by atomic mass is 10.3. The molecule has 0 fully saturated rings. The van der Waals surface area contributed by atoms with E-state index in [9.17, 15) is 18.0 Å². The van der Waals surface area contributed by atoms with Gasteiger partial charge in [0, 0.05) is 6.20 Å². The molecule has 0 atom stereocenters. The summed E-state index contributed by atoms with van der Waals surface area (Å²) in [5.74, 6) is -0.537. The van der Waals surface area contributed by atoms with E-state index < -0.39 is 12.3 Å². The Morgan fingerprint density at radius 2 is 1.89 bits per heavy atom. The highest BCUT2D eigenvalue weighted by Gasteiger charge is 2.30. The summed E-state index contributed by atoms with van der Waals surface area (Å²) in [6.45, 7) is 0.224. The standard InChI is InChI=1S/C16H12F3N5O3/c17-16(18,19)27-12-4-2-11(3-5-12)24-9-22-14(23-24)8-21-13-6-1-10(7-20-13)15(25)26/h1-7,9H,8H2,(H,20,21)(H,25,26). The van der Waals surface area contributed by atoms with E-state index in [2.05, 4.69) is 25.1 Å². The van der Waals surface area contributed by atoms with Crippen LogP contribution in [0.15, 0.2) is 48.9 Å². The van der Waals surface area contributed by atoms with Gasteiger partial charge in [-0.1, -0.05) is 0 Å². The first-order valence-corrected chi connectivity index (χ1v) is 7.50. The van der Waals surface area contributed by atoms with Gasteiger partial charge in [-0.25, -0.2) is 19.4 Å². The van der Waals surface area contributed by atoms with Gasteiger partial charge in [0.05, 0.1) is 17.8 Å². The molecule has 8 nitrogen and oxygen atoms in total. The number of pyridine rings is 1. The van der Waals surface area contributed by atoms with Crippen LogP contribution < -0.4 is 10.1 Å².